The number of benzene rings is 2. The first kappa shape index (κ1) is 34.5. The maximum absolute atomic E-state index is 9.80. The molecule has 4 unspecified atom stereocenters. The molecule has 4 rings (SSSR count). The Hall–Kier alpha value is -0.737. The minimum atomic E-state index is -2.77. The van der Waals surface area contributed by atoms with Crippen LogP contribution in [0.2, 0.25) is 0 Å². The Morgan fingerprint density at radius 2 is 0.872 bits per heavy atom. The van der Waals surface area contributed by atoms with Crippen molar-refractivity contribution >= 4 is 48.0 Å². The van der Waals surface area contributed by atoms with E-state index in [4.69, 9.17) is 0 Å². The number of hydrogen-bond donors (Lipinski definition) is 0. The van der Waals surface area contributed by atoms with Gasteiger partial charge in [-0.15, -0.1) is 80.7 Å². The summed E-state index contributed by atoms with van der Waals surface area (Å²) >= 11 is -2.77. The second-order valence-electron chi connectivity index (χ2n) is 10.6. The van der Waals surface area contributed by atoms with Gasteiger partial charge in [-0.2, -0.15) is 12.1 Å². The van der Waals surface area contributed by atoms with Crippen LogP contribution < -0.4 is 10.6 Å². The second-order valence-corrected chi connectivity index (χ2v) is 17.1. The van der Waals surface area contributed by atoms with E-state index >= 15 is 0 Å². The molecule has 4 aromatic rings. The van der Waals surface area contributed by atoms with Crippen molar-refractivity contribution in [1.29, 1.82) is 0 Å². The van der Waals surface area contributed by atoms with Crippen LogP contribution in [0.3, 0.4) is 0 Å². The summed E-state index contributed by atoms with van der Waals surface area (Å²) in [6, 6.07) is 27.2. The molecule has 39 heavy (non-hydrogen) atoms. The van der Waals surface area contributed by atoms with E-state index in [0.29, 0.717) is 0 Å². The van der Waals surface area contributed by atoms with Crippen LogP contribution in [0, 0.1) is 0 Å². The molecule has 0 aliphatic carbocycles. The number of rotatable bonds is 10. The molecule has 0 nitrogen and oxygen atoms in total. The summed E-state index contributed by atoms with van der Waals surface area (Å²) in [6.45, 7) is 19.0. The van der Waals surface area contributed by atoms with Crippen molar-refractivity contribution in [3.05, 3.63) is 72.8 Å². The van der Waals surface area contributed by atoms with E-state index in [9.17, 15) is 5.25 Å². The van der Waals surface area contributed by atoms with Crippen molar-refractivity contribution in [2.24, 2.45) is 0 Å². The van der Waals surface area contributed by atoms with Crippen LogP contribution in [-0.4, -0.2) is 22.6 Å². The molecule has 0 spiro atoms. The molecular formula is C34H48F2P2Zr. The van der Waals surface area contributed by atoms with Gasteiger partial charge in [0.15, 0.2) is 0 Å². The van der Waals surface area contributed by atoms with Crippen LogP contribution in [0.5, 0.6) is 0 Å². The van der Waals surface area contributed by atoms with Crippen LogP contribution in [-0.2, 0) is 24.5 Å². The number of fused-ring (bicyclic) bond motifs is 2. The van der Waals surface area contributed by atoms with Crippen molar-refractivity contribution < 1.29 is 29.7 Å². The van der Waals surface area contributed by atoms with Crippen LogP contribution in [0.4, 0.5) is 5.25 Å². The fraction of sp³-hybridized carbons (Fsp3) is 0.471. The molecule has 0 N–H and O–H groups in total. The molecule has 212 valence electrons. The van der Waals surface area contributed by atoms with Gasteiger partial charge in [-0.1, -0.05) is 83.4 Å². The minimum absolute atomic E-state index is 0.0252. The third kappa shape index (κ3) is 9.66. The molecule has 0 saturated carbocycles. The Labute approximate surface area is 252 Å². The third-order valence-electron chi connectivity index (χ3n) is 8.06. The summed E-state index contributed by atoms with van der Waals surface area (Å²) in [4.78, 5) is 0. The van der Waals surface area contributed by atoms with Gasteiger partial charge < -0.3 is 0 Å². The third-order valence-corrected chi connectivity index (χ3v) is 15.0. The summed E-state index contributed by atoms with van der Waals surface area (Å²) in [5, 5.41) is 8.85. The second kappa shape index (κ2) is 17.9. The van der Waals surface area contributed by atoms with E-state index in [-0.39, 0.29) is 15.8 Å². The summed E-state index contributed by atoms with van der Waals surface area (Å²) in [5.74, 6) is 0. The Morgan fingerprint density at radius 3 is 1.13 bits per heavy atom. The Morgan fingerprint density at radius 1 is 0.590 bits per heavy atom. The monoisotopic (exact) mass is 646 g/mol. The first-order valence-corrected chi connectivity index (χ1v) is 19.4. The summed E-state index contributed by atoms with van der Waals surface area (Å²) in [5.41, 5.74) is 3.30. The van der Waals surface area contributed by atoms with Crippen molar-refractivity contribution in [2.75, 3.05) is 0 Å². The maximum atomic E-state index is 9.80. The van der Waals surface area contributed by atoms with Gasteiger partial charge in [0.2, 0.25) is 0 Å². The van der Waals surface area contributed by atoms with E-state index < -0.39 is 24.5 Å². The summed E-state index contributed by atoms with van der Waals surface area (Å²) in [7, 11) is -0.0504. The number of halogens is 2. The molecule has 0 radical (unpaired) electrons. The van der Waals surface area contributed by atoms with Gasteiger partial charge in [-0.05, 0) is 48.3 Å². The van der Waals surface area contributed by atoms with Crippen LogP contribution in [0.25, 0.3) is 21.5 Å². The van der Waals surface area contributed by atoms with Gasteiger partial charge in [0.05, 0.1) is 0 Å². The fourth-order valence-electron chi connectivity index (χ4n) is 5.24. The first-order valence-electron chi connectivity index (χ1n) is 14.6. The molecule has 0 amide bonds. The van der Waals surface area contributed by atoms with Gasteiger partial charge in [0.1, 0.15) is 0 Å². The molecule has 4 aromatic carbocycles. The first-order chi connectivity index (χ1) is 18.8. The number of hydrogen-bond acceptors (Lipinski definition) is 0. The molecule has 0 heterocycles. The summed E-state index contributed by atoms with van der Waals surface area (Å²) in [6.07, 6.45) is 5.16. The van der Waals surface area contributed by atoms with E-state index in [1.165, 1.54) is 47.2 Å². The van der Waals surface area contributed by atoms with Gasteiger partial charge in [-0.3, -0.25) is 0 Å². The van der Waals surface area contributed by atoms with Crippen molar-refractivity contribution in [1.82, 2.24) is 0 Å². The quantitative estimate of drug-likeness (QED) is 0.119. The molecule has 0 aliphatic heterocycles. The molecular weight excluding hydrogens is 600 g/mol. The average molecular weight is 648 g/mol. The zero-order valence-electron chi connectivity index (χ0n) is 25.2. The van der Waals surface area contributed by atoms with Crippen molar-refractivity contribution in [2.45, 2.75) is 104 Å². The van der Waals surface area contributed by atoms with Crippen LogP contribution in [0.1, 0.15) is 81.1 Å². The summed E-state index contributed by atoms with van der Waals surface area (Å²) < 4.78 is 19.6. The SMILES string of the molecule is CCC(C)P(c1cc2ccccc2[cH-]1)C(C)CC.CCC(C)P(c1cc2ccccc2[cH-]1)C(C)CC.[F][Zr+2][F]. The molecule has 0 fully saturated rings. The zero-order chi connectivity index (χ0) is 28.9. The van der Waals surface area contributed by atoms with Gasteiger partial charge in [0, 0.05) is 0 Å². The van der Waals surface area contributed by atoms with Crippen molar-refractivity contribution in [3.8, 4) is 0 Å². The van der Waals surface area contributed by atoms with Crippen LogP contribution in [0.15, 0.2) is 72.8 Å². The van der Waals surface area contributed by atoms with Crippen LogP contribution >= 0.6 is 15.8 Å². The molecule has 0 aliphatic rings. The van der Waals surface area contributed by atoms with E-state index in [0.717, 1.165) is 22.6 Å². The van der Waals surface area contributed by atoms with Crippen molar-refractivity contribution in [3.63, 3.8) is 0 Å². The Kier molecular flexibility index (Phi) is 15.9. The zero-order valence-corrected chi connectivity index (χ0v) is 29.5. The van der Waals surface area contributed by atoms with Gasteiger partial charge in [-0.25, -0.2) is 0 Å². The molecule has 0 bridgehead atoms. The van der Waals surface area contributed by atoms with E-state index in [2.05, 4.69) is 128 Å². The topological polar surface area (TPSA) is 0 Å². The normalized spacial score (nSPS) is 15.6. The average Bonchev–Trinajstić information content (AvgIpc) is 3.57. The Bertz CT molecular complexity index is 1040. The fourth-order valence-corrected chi connectivity index (χ4v) is 11.7. The molecule has 0 saturated heterocycles. The molecule has 0 aromatic heterocycles. The molecule has 4 atom stereocenters. The van der Waals surface area contributed by atoms with E-state index in [1.807, 2.05) is 0 Å². The Balaban J connectivity index is 0.000000249. The van der Waals surface area contributed by atoms with Gasteiger partial charge in [0.25, 0.3) is 0 Å². The van der Waals surface area contributed by atoms with Gasteiger partial charge >= 0.3 is 29.7 Å². The predicted octanol–water partition coefficient (Wildman–Crippen LogP) is 11.4. The predicted molar refractivity (Wildman–Crippen MR) is 173 cm³/mol. The van der Waals surface area contributed by atoms with E-state index in [1.54, 1.807) is 10.6 Å². The molecule has 5 heteroatoms. The standard InChI is InChI=1S/2C17H24P.2FH.Zr/c2*1-5-13(3)18(14(4)6-2)17-11-15-9-7-8-10-16(15)12-17;;;/h2*7-14H,5-6H2,1-4H3;2*1H;/q2*-1;;;+4/p-2.